The van der Waals surface area contributed by atoms with Crippen LogP contribution >= 0.6 is 0 Å². The van der Waals surface area contributed by atoms with Gasteiger partial charge in [-0.1, -0.05) is 24.3 Å². The molecule has 136 valence electrons. The smallest absolute Gasteiger partial charge is 0.256 e. The van der Waals surface area contributed by atoms with Crippen LogP contribution in [0.1, 0.15) is 26.3 Å². The average molecular weight is 354 g/mol. The second kappa shape index (κ2) is 8.60. The molecule has 0 spiro atoms. The van der Waals surface area contributed by atoms with Crippen molar-refractivity contribution in [3.63, 3.8) is 0 Å². The van der Waals surface area contributed by atoms with Gasteiger partial charge in [0.1, 0.15) is 0 Å². The fourth-order valence-electron chi connectivity index (χ4n) is 2.83. The lowest BCUT2D eigenvalue weighted by Crippen LogP contribution is -2.41. The highest BCUT2D eigenvalue weighted by molar-refractivity contribution is 6.09. The highest BCUT2D eigenvalue weighted by atomic mass is 16.5. The summed E-state index contributed by atoms with van der Waals surface area (Å²) in [5.41, 5.74) is 2.51. The minimum Gasteiger partial charge on any atom is -0.380 e. The van der Waals surface area contributed by atoms with Crippen LogP contribution in [0.5, 0.6) is 0 Å². The van der Waals surface area contributed by atoms with Crippen LogP contribution in [-0.2, 0) is 16.1 Å². The number of hydrogen-bond donors (Lipinski definition) is 1. The van der Waals surface area contributed by atoms with Crippen molar-refractivity contribution in [3.8, 4) is 0 Å². The maximum atomic E-state index is 12.8. The molecule has 0 saturated carbocycles. The summed E-state index contributed by atoms with van der Waals surface area (Å²) in [6, 6.07) is 14.3. The van der Waals surface area contributed by atoms with E-state index >= 15 is 0 Å². The second-order valence-corrected chi connectivity index (χ2v) is 6.03. The molecule has 0 radical (unpaired) electrons. The van der Waals surface area contributed by atoms with Crippen molar-refractivity contribution in [3.05, 3.63) is 65.2 Å². The Morgan fingerprint density at radius 1 is 1.08 bits per heavy atom. The zero-order valence-corrected chi connectivity index (χ0v) is 14.7. The van der Waals surface area contributed by atoms with E-state index in [1.54, 1.807) is 48.4 Å². The number of anilines is 1. The molecule has 6 nitrogen and oxygen atoms in total. The number of para-hydroxylation sites is 1. The highest BCUT2D eigenvalue weighted by Crippen LogP contribution is 2.19. The van der Waals surface area contributed by atoms with Crippen LogP contribution in [0, 0.1) is 0 Å². The summed E-state index contributed by atoms with van der Waals surface area (Å²) in [6.07, 6.45) is 0. The van der Waals surface area contributed by atoms with Crippen LogP contribution in [0.4, 0.5) is 5.69 Å². The first-order chi connectivity index (χ1) is 12.7. The number of carbonyl (C=O) groups is 2. The van der Waals surface area contributed by atoms with Gasteiger partial charge in [-0.25, -0.2) is 0 Å². The molecule has 3 rings (SSSR count). The number of rotatable bonds is 5. The van der Waals surface area contributed by atoms with Gasteiger partial charge in [-0.05, 0) is 29.8 Å². The summed E-state index contributed by atoms with van der Waals surface area (Å²) >= 11 is 0. The van der Waals surface area contributed by atoms with E-state index in [-0.39, 0.29) is 11.8 Å². The van der Waals surface area contributed by atoms with Gasteiger partial charge in [0.15, 0.2) is 0 Å². The van der Waals surface area contributed by atoms with Gasteiger partial charge in [-0.3, -0.25) is 9.59 Å². The largest absolute Gasteiger partial charge is 0.380 e. The number of carbonyl (C=O) groups excluding carboxylic acids is 2. The third-order valence-electron chi connectivity index (χ3n) is 4.23. The maximum Gasteiger partial charge on any atom is 0.256 e. The predicted octanol–water partition coefficient (Wildman–Crippen LogP) is 2.56. The lowest BCUT2D eigenvalue weighted by molar-refractivity contribution is 0.0303. The minimum absolute atomic E-state index is 0.0976. The van der Waals surface area contributed by atoms with E-state index in [9.17, 15) is 9.59 Å². The Kier molecular flexibility index (Phi) is 5.99. The molecule has 0 aliphatic carbocycles. The van der Waals surface area contributed by atoms with Crippen molar-refractivity contribution in [1.82, 2.24) is 4.90 Å². The molecule has 0 atom stereocenters. The van der Waals surface area contributed by atoms with Crippen molar-refractivity contribution in [2.75, 3.05) is 38.7 Å². The van der Waals surface area contributed by atoms with Gasteiger partial charge in [0.2, 0.25) is 0 Å². The molecular weight excluding hydrogens is 332 g/mol. The van der Waals surface area contributed by atoms with E-state index in [1.165, 1.54) is 0 Å². The summed E-state index contributed by atoms with van der Waals surface area (Å²) in [6.45, 7) is 2.69. The number of ether oxygens (including phenoxy) is 2. The van der Waals surface area contributed by atoms with Gasteiger partial charge in [0.05, 0.1) is 31.1 Å². The first kappa shape index (κ1) is 18.1. The molecule has 0 bridgehead atoms. The third-order valence-corrected chi connectivity index (χ3v) is 4.23. The zero-order valence-electron chi connectivity index (χ0n) is 14.7. The number of nitrogens with one attached hydrogen (secondary N) is 1. The number of benzene rings is 2. The molecule has 0 aromatic heterocycles. The van der Waals surface area contributed by atoms with Crippen molar-refractivity contribution >= 4 is 17.5 Å². The summed E-state index contributed by atoms with van der Waals surface area (Å²) in [5.74, 6) is -0.351. The highest BCUT2D eigenvalue weighted by Gasteiger charge is 2.21. The van der Waals surface area contributed by atoms with E-state index < -0.39 is 0 Å². The molecule has 2 aromatic carbocycles. The Labute approximate surface area is 152 Å². The monoisotopic (exact) mass is 354 g/mol. The lowest BCUT2D eigenvalue weighted by Gasteiger charge is -2.27. The molecule has 1 N–H and O–H groups in total. The SMILES string of the molecule is COCc1ccc(C(=O)Nc2ccccc2C(=O)N2CCOCC2)cc1. The standard InChI is InChI=1S/C20H22N2O4/c1-25-14-15-6-8-16(9-7-15)19(23)21-18-5-3-2-4-17(18)20(24)22-10-12-26-13-11-22/h2-9H,10-14H2,1H3,(H,21,23). The Morgan fingerprint density at radius 2 is 1.77 bits per heavy atom. The Balaban J connectivity index is 1.75. The summed E-state index contributed by atoms with van der Waals surface area (Å²) in [5, 5.41) is 2.85. The van der Waals surface area contributed by atoms with Crippen molar-refractivity contribution in [2.24, 2.45) is 0 Å². The Hall–Kier alpha value is -2.70. The van der Waals surface area contributed by atoms with Gasteiger partial charge >= 0.3 is 0 Å². The fraction of sp³-hybridized carbons (Fsp3) is 0.300. The molecular formula is C20H22N2O4. The minimum atomic E-state index is -0.254. The summed E-state index contributed by atoms with van der Waals surface area (Å²) < 4.78 is 10.4. The van der Waals surface area contributed by atoms with E-state index in [2.05, 4.69) is 5.32 Å². The van der Waals surface area contributed by atoms with Crippen LogP contribution < -0.4 is 5.32 Å². The van der Waals surface area contributed by atoms with Crippen LogP contribution in [0.15, 0.2) is 48.5 Å². The molecule has 1 saturated heterocycles. The van der Waals surface area contributed by atoms with Crippen LogP contribution in [0.25, 0.3) is 0 Å². The normalized spacial score (nSPS) is 14.1. The van der Waals surface area contributed by atoms with Crippen molar-refractivity contribution in [2.45, 2.75) is 6.61 Å². The average Bonchev–Trinajstić information content (AvgIpc) is 2.69. The van der Waals surface area contributed by atoms with Gasteiger partial charge in [-0.15, -0.1) is 0 Å². The Morgan fingerprint density at radius 3 is 2.46 bits per heavy atom. The van der Waals surface area contributed by atoms with Crippen LogP contribution in [-0.4, -0.2) is 50.1 Å². The number of methoxy groups -OCH3 is 1. The number of amides is 2. The first-order valence-corrected chi connectivity index (χ1v) is 8.54. The van der Waals surface area contributed by atoms with Gasteiger partial charge in [0, 0.05) is 25.8 Å². The van der Waals surface area contributed by atoms with E-state index in [1.807, 2.05) is 12.1 Å². The number of nitrogens with zero attached hydrogens (tertiary/aromatic N) is 1. The van der Waals surface area contributed by atoms with E-state index in [0.29, 0.717) is 49.7 Å². The molecule has 0 unspecified atom stereocenters. The molecule has 1 heterocycles. The molecule has 6 heteroatoms. The molecule has 2 aromatic rings. The summed E-state index contributed by atoms with van der Waals surface area (Å²) in [7, 11) is 1.63. The molecule has 26 heavy (non-hydrogen) atoms. The number of hydrogen-bond acceptors (Lipinski definition) is 4. The maximum absolute atomic E-state index is 12.8. The topological polar surface area (TPSA) is 67.9 Å². The van der Waals surface area contributed by atoms with Crippen LogP contribution in [0.2, 0.25) is 0 Å². The van der Waals surface area contributed by atoms with Gasteiger partial charge in [0.25, 0.3) is 11.8 Å². The van der Waals surface area contributed by atoms with Crippen LogP contribution in [0.3, 0.4) is 0 Å². The first-order valence-electron chi connectivity index (χ1n) is 8.54. The molecule has 1 aliphatic rings. The molecule has 1 aliphatic heterocycles. The lowest BCUT2D eigenvalue weighted by atomic mass is 10.1. The third kappa shape index (κ3) is 4.28. The quantitative estimate of drug-likeness (QED) is 0.896. The number of morpholine rings is 1. The predicted molar refractivity (Wildman–Crippen MR) is 98.3 cm³/mol. The Bertz CT molecular complexity index is 768. The fourth-order valence-corrected chi connectivity index (χ4v) is 2.83. The van der Waals surface area contributed by atoms with E-state index in [4.69, 9.17) is 9.47 Å². The van der Waals surface area contributed by atoms with E-state index in [0.717, 1.165) is 5.56 Å². The van der Waals surface area contributed by atoms with Crippen molar-refractivity contribution < 1.29 is 19.1 Å². The molecule has 2 amide bonds. The summed E-state index contributed by atoms with van der Waals surface area (Å²) in [4.78, 5) is 27.1. The zero-order chi connectivity index (χ0) is 18.4. The molecule has 1 fully saturated rings. The second-order valence-electron chi connectivity index (χ2n) is 6.03. The van der Waals surface area contributed by atoms with Gasteiger partial charge in [-0.2, -0.15) is 0 Å². The van der Waals surface area contributed by atoms with Crippen molar-refractivity contribution in [1.29, 1.82) is 0 Å². The van der Waals surface area contributed by atoms with Gasteiger partial charge < -0.3 is 19.7 Å².